The molecule has 5 rings (SSSR count). The molecule has 3 heterocycles. The Kier molecular flexibility index (Phi) is 8.16. The number of hydrogen-bond donors (Lipinski definition) is 5. The molecule has 0 atom stereocenters. The highest BCUT2D eigenvalue weighted by atomic mass is 16.5. The van der Waals surface area contributed by atoms with Gasteiger partial charge in [0.1, 0.15) is 17.2 Å². The third-order valence-corrected chi connectivity index (χ3v) is 7.37. The van der Waals surface area contributed by atoms with E-state index in [0.29, 0.717) is 36.0 Å². The minimum Gasteiger partial charge on any atom is -0.379 e. The molecular weight excluding hydrogens is 494 g/mol. The summed E-state index contributed by atoms with van der Waals surface area (Å²) in [5, 5.41) is 23.1. The fourth-order valence-electron chi connectivity index (χ4n) is 4.97. The number of aliphatic hydroxyl groups is 1. The number of anilines is 4. The molecule has 10 heteroatoms. The van der Waals surface area contributed by atoms with E-state index < -0.39 is 5.60 Å². The molecule has 10 nitrogen and oxygen atoms in total. The van der Waals surface area contributed by atoms with Crippen LogP contribution in [0.15, 0.2) is 61.3 Å². The average molecular weight is 530 g/mol. The summed E-state index contributed by atoms with van der Waals surface area (Å²) < 4.78 is 5.16. The smallest absolute Gasteiger partial charge is 0.256 e. The maximum atomic E-state index is 12.8. The summed E-state index contributed by atoms with van der Waals surface area (Å²) in [6, 6.07) is 14.3. The van der Waals surface area contributed by atoms with Gasteiger partial charge in [-0.3, -0.25) is 4.79 Å². The normalized spacial score (nSPS) is 19.9. The average Bonchev–Trinajstić information content (AvgIpc) is 2.95. The monoisotopic (exact) mass is 529 g/mol. The van der Waals surface area contributed by atoms with Crippen LogP contribution in [0.3, 0.4) is 0 Å². The van der Waals surface area contributed by atoms with Gasteiger partial charge < -0.3 is 31.1 Å². The first-order chi connectivity index (χ1) is 19.0. The molecule has 1 aromatic carbocycles. The molecule has 1 saturated heterocycles. The van der Waals surface area contributed by atoms with Crippen LogP contribution in [-0.2, 0) is 10.3 Å². The molecule has 0 bridgehead atoms. The predicted molar refractivity (Wildman–Crippen MR) is 151 cm³/mol. The summed E-state index contributed by atoms with van der Waals surface area (Å²) in [4.78, 5) is 26.3. The van der Waals surface area contributed by atoms with Crippen molar-refractivity contribution in [1.29, 1.82) is 0 Å². The summed E-state index contributed by atoms with van der Waals surface area (Å²) >= 11 is 0. The number of benzene rings is 1. The second-order valence-electron chi connectivity index (χ2n) is 10.1. The van der Waals surface area contributed by atoms with Crippen molar-refractivity contribution in [2.45, 2.75) is 43.2 Å². The zero-order valence-corrected chi connectivity index (χ0v) is 22.1. The van der Waals surface area contributed by atoms with Crippen LogP contribution in [0.1, 0.15) is 53.2 Å². The lowest BCUT2D eigenvalue weighted by atomic mass is 9.82. The molecule has 3 aromatic rings. The quantitative estimate of drug-likeness (QED) is 0.249. The Morgan fingerprint density at radius 2 is 1.87 bits per heavy atom. The van der Waals surface area contributed by atoms with Gasteiger partial charge in [-0.05, 0) is 68.5 Å². The van der Waals surface area contributed by atoms with Crippen molar-refractivity contribution in [2.75, 3.05) is 37.4 Å². The molecule has 0 unspecified atom stereocenters. The predicted octanol–water partition coefficient (Wildman–Crippen LogP) is 3.74. The standard InChI is InChI=1S/C29H35N7O3/c1-3-15-31-27(37)23-16-32-28(33-22-13-9-20(10-14-22)19-7-11-21(30-2)12-8-19)36-26(23)35-25-6-4-5-24(34-25)29(38)17-39-18-29/h3-6,9-10,13-14,16,19,21,30,38H,1,7-8,11-12,15,17-18H2,2H3,(H,31,37)(H2,32,33,34,35,36). The second kappa shape index (κ2) is 11.9. The number of carbonyl (C=O) groups is 1. The molecule has 0 spiro atoms. The van der Waals surface area contributed by atoms with Gasteiger partial charge >= 0.3 is 0 Å². The summed E-state index contributed by atoms with van der Waals surface area (Å²) in [5.41, 5.74) is 1.83. The van der Waals surface area contributed by atoms with E-state index in [0.717, 1.165) is 5.69 Å². The maximum absolute atomic E-state index is 12.8. The van der Waals surface area contributed by atoms with E-state index in [2.05, 4.69) is 54.9 Å². The lowest BCUT2D eigenvalue weighted by Crippen LogP contribution is -2.47. The number of ether oxygens (including phenoxy) is 1. The first-order valence-corrected chi connectivity index (χ1v) is 13.3. The number of aromatic nitrogens is 3. The van der Waals surface area contributed by atoms with Crippen molar-refractivity contribution in [3.8, 4) is 0 Å². The highest BCUT2D eigenvalue weighted by Gasteiger charge is 2.39. The molecule has 1 amide bonds. The third-order valence-electron chi connectivity index (χ3n) is 7.37. The molecule has 204 valence electrons. The van der Waals surface area contributed by atoms with E-state index in [1.165, 1.54) is 37.4 Å². The van der Waals surface area contributed by atoms with Crippen molar-refractivity contribution in [3.05, 3.63) is 78.1 Å². The van der Waals surface area contributed by atoms with Crippen LogP contribution < -0.4 is 21.3 Å². The van der Waals surface area contributed by atoms with Gasteiger partial charge in [-0.2, -0.15) is 4.98 Å². The Morgan fingerprint density at radius 1 is 1.10 bits per heavy atom. The van der Waals surface area contributed by atoms with Crippen molar-refractivity contribution >= 4 is 29.2 Å². The number of nitrogens with one attached hydrogen (secondary N) is 4. The summed E-state index contributed by atoms with van der Waals surface area (Å²) in [7, 11) is 2.04. The lowest BCUT2D eigenvalue weighted by Gasteiger charge is -2.35. The van der Waals surface area contributed by atoms with Crippen LogP contribution in [-0.4, -0.2) is 58.8 Å². The van der Waals surface area contributed by atoms with Crippen LogP contribution in [0.4, 0.5) is 23.3 Å². The number of carbonyl (C=O) groups excluding carboxylic acids is 1. The molecule has 2 aliphatic rings. The Bertz CT molecular complexity index is 1300. The SMILES string of the molecule is C=CCNC(=O)c1cnc(Nc2ccc(C3CCC(NC)CC3)cc2)nc1Nc1cccc(C2(O)COC2)n1. The van der Waals surface area contributed by atoms with Crippen LogP contribution >= 0.6 is 0 Å². The zero-order chi connectivity index (χ0) is 27.2. The van der Waals surface area contributed by atoms with E-state index in [4.69, 9.17) is 4.74 Å². The Hall–Kier alpha value is -3.86. The van der Waals surface area contributed by atoms with Crippen molar-refractivity contribution in [3.63, 3.8) is 0 Å². The highest BCUT2D eigenvalue weighted by Crippen LogP contribution is 2.34. The molecule has 39 heavy (non-hydrogen) atoms. The molecule has 1 aliphatic carbocycles. The van der Waals surface area contributed by atoms with Crippen molar-refractivity contribution in [2.24, 2.45) is 0 Å². The van der Waals surface area contributed by atoms with Crippen LogP contribution in [0, 0.1) is 0 Å². The number of amides is 1. The molecule has 1 saturated carbocycles. The van der Waals surface area contributed by atoms with Crippen molar-refractivity contribution in [1.82, 2.24) is 25.6 Å². The molecular formula is C29H35N7O3. The van der Waals surface area contributed by atoms with Gasteiger partial charge in [-0.15, -0.1) is 6.58 Å². The highest BCUT2D eigenvalue weighted by molar-refractivity contribution is 5.99. The minimum absolute atomic E-state index is 0.191. The van der Waals surface area contributed by atoms with Gasteiger partial charge in [0.05, 0.1) is 18.9 Å². The van der Waals surface area contributed by atoms with E-state index in [1.807, 2.05) is 19.2 Å². The van der Waals surface area contributed by atoms with Crippen molar-refractivity contribution < 1.29 is 14.6 Å². The number of hydrogen-bond acceptors (Lipinski definition) is 9. The van der Waals surface area contributed by atoms with E-state index in [-0.39, 0.29) is 30.5 Å². The van der Waals surface area contributed by atoms with Gasteiger partial charge in [0, 0.05) is 24.5 Å². The molecule has 0 radical (unpaired) electrons. The first kappa shape index (κ1) is 26.7. The third kappa shape index (κ3) is 6.25. The van der Waals surface area contributed by atoms with Gasteiger partial charge in [0.25, 0.3) is 5.91 Å². The second-order valence-corrected chi connectivity index (χ2v) is 10.1. The largest absolute Gasteiger partial charge is 0.379 e. The minimum atomic E-state index is -1.11. The maximum Gasteiger partial charge on any atom is 0.256 e. The van der Waals surface area contributed by atoms with Crippen LogP contribution in [0.5, 0.6) is 0 Å². The summed E-state index contributed by atoms with van der Waals surface area (Å²) in [6.45, 7) is 4.34. The Balaban J connectivity index is 1.34. The molecule has 1 aliphatic heterocycles. The van der Waals surface area contributed by atoms with Gasteiger partial charge in [-0.25, -0.2) is 9.97 Å². The fourth-order valence-corrected chi connectivity index (χ4v) is 4.97. The number of pyridine rings is 1. The van der Waals surface area contributed by atoms with E-state index >= 15 is 0 Å². The number of rotatable bonds is 10. The molecule has 2 fully saturated rings. The van der Waals surface area contributed by atoms with Crippen LogP contribution in [0.25, 0.3) is 0 Å². The zero-order valence-electron chi connectivity index (χ0n) is 22.1. The van der Waals surface area contributed by atoms with E-state index in [9.17, 15) is 9.90 Å². The Labute approximate surface area is 228 Å². The molecule has 5 N–H and O–H groups in total. The van der Waals surface area contributed by atoms with E-state index in [1.54, 1.807) is 24.3 Å². The summed E-state index contributed by atoms with van der Waals surface area (Å²) in [6.07, 6.45) is 7.84. The number of nitrogens with zero attached hydrogens (tertiary/aromatic N) is 3. The van der Waals surface area contributed by atoms with Gasteiger partial charge in [0.2, 0.25) is 5.95 Å². The van der Waals surface area contributed by atoms with Crippen LogP contribution in [0.2, 0.25) is 0 Å². The van der Waals surface area contributed by atoms with Gasteiger partial charge in [0.15, 0.2) is 5.60 Å². The summed E-state index contributed by atoms with van der Waals surface area (Å²) in [5.74, 6) is 1.30. The first-order valence-electron chi connectivity index (χ1n) is 13.3. The topological polar surface area (TPSA) is 133 Å². The fraction of sp³-hybridized carbons (Fsp3) is 0.379. The molecule has 2 aromatic heterocycles. The Morgan fingerprint density at radius 3 is 2.54 bits per heavy atom. The van der Waals surface area contributed by atoms with Gasteiger partial charge in [-0.1, -0.05) is 24.3 Å². The lowest BCUT2D eigenvalue weighted by molar-refractivity contribution is -0.186.